The highest BCUT2D eigenvalue weighted by atomic mass is 14.9. The minimum atomic E-state index is 0.654. The van der Waals surface area contributed by atoms with Crippen LogP contribution in [0, 0.1) is 25.2 Å². The Bertz CT molecular complexity index is 2520. The molecule has 0 radical (unpaired) electrons. The first-order valence-corrected chi connectivity index (χ1v) is 17.5. The summed E-state index contributed by atoms with van der Waals surface area (Å²) in [5, 5.41) is 11.6. The number of pyridine rings is 1. The first-order chi connectivity index (χ1) is 25.4. The van der Waals surface area contributed by atoms with Gasteiger partial charge in [0.1, 0.15) is 0 Å². The van der Waals surface area contributed by atoms with Crippen molar-refractivity contribution in [3.05, 3.63) is 191 Å². The number of nitriles is 1. The Morgan fingerprint density at radius 2 is 1.12 bits per heavy atom. The summed E-state index contributed by atoms with van der Waals surface area (Å²) in [6, 6.07) is 54.5. The number of aromatic nitrogens is 1. The monoisotopic (exact) mass is 670 g/mol. The standard InChI is InChI=1S/C48H38N4/c1-5-47(42-28-15-32(2)50-34(42)4)52-48(41-11-7-6-8-12-41)51-33(3)36-20-24-39(25-21-36)43-29-30-44(46-14-10-9-13-45(43)46)40-26-22-38(23-27-40)37-18-16-35(31-49)17-19-37/h5-30H,1-4H3/b47-5+,51-33?,52-48?. The third-order valence-electron chi connectivity index (χ3n) is 9.39. The van der Waals surface area contributed by atoms with Gasteiger partial charge in [-0.3, -0.25) is 4.98 Å². The predicted octanol–water partition coefficient (Wildman–Crippen LogP) is 12.0. The second-order valence-electron chi connectivity index (χ2n) is 12.8. The van der Waals surface area contributed by atoms with Gasteiger partial charge in [-0.2, -0.15) is 5.26 Å². The number of rotatable bonds is 7. The molecule has 6 aromatic carbocycles. The number of amidine groups is 1. The molecule has 0 spiro atoms. The van der Waals surface area contributed by atoms with E-state index in [0.29, 0.717) is 11.4 Å². The van der Waals surface area contributed by atoms with E-state index in [1.807, 2.05) is 94.4 Å². The van der Waals surface area contributed by atoms with E-state index in [1.165, 1.54) is 21.9 Å². The molecular formula is C48H38N4. The summed E-state index contributed by atoms with van der Waals surface area (Å²) >= 11 is 0. The molecule has 0 fully saturated rings. The van der Waals surface area contributed by atoms with Gasteiger partial charge >= 0.3 is 0 Å². The Morgan fingerprint density at radius 1 is 0.577 bits per heavy atom. The number of hydrogen-bond donors (Lipinski definition) is 0. The van der Waals surface area contributed by atoms with Crippen molar-refractivity contribution < 1.29 is 0 Å². The zero-order valence-corrected chi connectivity index (χ0v) is 29.8. The third kappa shape index (κ3) is 7.12. The maximum atomic E-state index is 9.15. The maximum absolute atomic E-state index is 9.15. The molecule has 0 amide bonds. The molecular weight excluding hydrogens is 633 g/mol. The molecule has 0 saturated heterocycles. The normalized spacial score (nSPS) is 12.2. The van der Waals surface area contributed by atoms with E-state index >= 15 is 0 Å². The average molecular weight is 671 g/mol. The van der Waals surface area contributed by atoms with Crippen molar-refractivity contribution >= 4 is 28.0 Å². The van der Waals surface area contributed by atoms with Crippen LogP contribution < -0.4 is 0 Å². The first kappa shape index (κ1) is 33.8. The third-order valence-corrected chi connectivity index (χ3v) is 9.39. The summed E-state index contributed by atoms with van der Waals surface area (Å²) in [6.45, 7) is 8.06. The molecule has 1 aromatic heterocycles. The van der Waals surface area contributed by atoms with Crippen LogP contribution in [-0.2, 0) is 0 Å². The van der Waals surface area contributed by atoms with Crippen molar-refractivity contribution in [2.24, 2.45) is 9.98 Å². The van der Waals surface area contributed by atoms with Crippen molar-refractivity contribution in [1.29, 1.82) is 5.26 Å². The Kier molecular flexibility index (Phi) is 9.77. The fourth-order valence-corrected chi connectivity index (χ4v) is 6.59. The molecule has 1 heterocycles. The molecule has 52 heavy (non-hydrogen) atoms. The summed E-state index contributed by atoms with van der Waals surface area (Å²) in [4.78, 5) is 14.9. The van der Waals surface area contributed by atoms with Gasteiger partial charge in [-0.25, -0.2) is 9.98 Å². The molecule has 0 saturated carbocycles. The van der Waals surface area contributed by atoms with Crippen molar-refractivity contribution in [2.45, 2.75) is 27.7 Å². The first-order valence-electron chi connectivity index (χ1n) is 17.5. The summed E-state index contributed by atoms with van der Waals surface area (Å²) in [5.74, 6) is 0.654. The van der Waals surface area contributed by atoms with Crippen molar-refractivity contribution in [1.82, 2.24) is 4.98 Å². The number of allylic oxidation sites excluding steroid dienone is 1. The number of hydrogen-bond acceptors (Lipinski definition) is 3. The van der Waals surface area contributed by atoms with E-state index in [4.69, 9.17) is 15.2 Å². The lowest BCUT2D eigenvalue weighted by Crippen LogP contribution is -2.05. The highest BCUT2D eigenvalue weighted by molar-refractivity contribution is 6.13. The SMILES string of the molecule is C/C=C(/N=C(N=C(C)c1ccc(-c2ccc(-c3ccc(-c4ccc(C#N)cc4)cc3)c3ccccc23)cc1)c1ccccc1)c1ccc(C)nc1C. The van der Waals surface area contributed by atoms with Crippen LogP contribution in [0.15, 0.2) is 168 Å². The lowest BCUT2D eigenvalue weighted by atomic mass is 9.91. The van der Waals surface area contributed by atoms with Gasteiger partial charge in [0.15, 0.2) is 5.84 Å². The number of benzene rings is 6. The molecule has 0 atom stereocenters. The van der Waals surface area contributed by atoms with Gasteiger partial charge in [0.25, 0.3) is 0 Å². The second kappa shape index (κ2) is 15.0. The van der Waals surface area contributed by atoms with Crippen LogP contribution in [0.1, 0.15) is 47.5 Å². The second-order valence-corrected chi connectivity index (χ2v) is 12.8. The molecule has 4 heteroatoms. The van der Waals surface area contributed by atoms with Crippen molar-refractivity contribution in [3.63, 3.8) is 0 Å². The van der Waals surface area contributed by atoms with Crippen LogP contribution in [0.3, 0.4) is 0 Å². The molecule has 0 N–H and O–H groups in total. The van der Waals surface area contributed by atoms with E-state index < -0.39 is 0 Å². The molecule has 0 aliphatic heterocycles. The number of nitrogens with zero attached hydrogens (tertiary/aromatic N) is 4. The van der Waals surface area contributed by atoms with E-state index in [9.17, 15) is 0 Å². The molecule has 0 unspecified atom stereocenters. The maximum Gasteiger partial charge on any atom is 0.160 e. The minimum Gasteiger partial charge on any atom is -0.258 e. The predicted molar refractivity (Wildman–Crippen MR) is 218 cm³/mol. The molecule has 7 aromatic rings. The van der Waals surface area contributed by atoms with Crippen molar-refractivity contribution in [2.75, 3.05) is 0 Å². The van der Waals surface area contributed by atoms with Gasteiger partial charge in [0.2, 0.25) is 0 Å². The highest BCUT2D eigenvalue weighted by Gasteiger charge is 2.13. The van der Waals surface area contributed by atoms with E-state index in [0.717, 1.165) is 61.7 Å². The largest absolute Gasteiger partial charge is 0.258 e. The number of aliphatic imine (C=N–C) groups is 2. The van der Waals surface area contributed by atoms with Crippen LogP contribution in [0.2, 0.25) is 0 Å². The van der Waals surface area contributed by atoms with Crippen LogP contribution in [0.5, 0.6) is 0 Å². The summed E-state index contributed by atoms with van der Waals surface area (Å²) in [7, 11) is 0. The lowest BCUT2D eigenvalue weighted by Gasteiger charge is -2.13. The fourth-order valence-electron chi connectivity index (χ4n) is 6.59. The van der Waals surface area contributed by atoms with Crippen molar-refractivity contribution in [3.8, 4) is 39.4 Å². The molecule has 4 nitrogen and oxygen atoms in total. The van der Waals surface area contributed by atoms with Crippen LogP contribution in [0.4, 0.5) is 0 Å². The molecule has 0 aliphatic carbocycles. The molecule has 250 valence electrons. The quantitative estimate of drug-likeness (QED) is 0.125. The van der Waals surface area contributed by atoms with Crippen LogP contribution in [0.25, 0.3) is 49.9 Å². The zero-order chi connectivity index (χ0) is 36.0. The van der Waals surface area contributed by atoms with Crippen LogP contribution in [-0.4, -0.2) is 16.5 Å². The van der Waals surface area contributed by atoms with Gasteiger partial charge in [-0.1, -0.05) is 133 Å². The Balaban J connectivity index is 1.19. The van der Waals surface area contributed by atoms with Gasteiger partial charge in [-0.15, -0.1) is 0 Å². The molecule has 0 bridgehead atoms. The van der Waals surface area contributed by atoms with Crippen LogP contribution >= 0.6 is 0 Å². The smallest absolute Gasteiger partial charge is 0.160 e. The Morgan fingerprint density at radius 3 is 1.67 bits per heavy atom. The van der Waals surface area contributed by atoms with E-state index in [1.54, 1.807) is 0 Å². The summed E-state index contributed by atoms with van der Waals surface area (Å²) in [5.41, 5.74) is 14.2. The average Bonchev–Trinajstić information content (AvgIpc) is 3.20. The van der Waals surface area contributed by atoms with Gasteiger partial charge in [-0.05, 0) is 102 Å². The number of fused-ring (bicyclic) bond motifs is 1. The van der Waals surface area contributed by atoms with E-state index in [2.05, 4.69) is 102 Å². The summed E-state index contributed by atoms with van der Waals surface area (Å²) < 4.78 is 0. The zero-order valence-electron chi connectivity index (χ0n) is 29.8. The van der Waals surface area contributed by atoms with E-state index in [-0.39, 0.29) is 0 Å². The Hall–Kier alpha value is -6.70. The topological polar surface area (TPSA) is 61.4 Å². The lowest BCUT2D eigenvalue weighted by molar-refractivity contribution is 1.11. The molecule has 7 rings (SSSR count). The minimum absolute atomic E-state index is 0.654. The summed E-state index contributed by atoms with van der Waals surface area (Å²) in [6.07, 6.45) is 2.02. The fraction of sp³-hybridized carbons (Fsp3) is 0.0833. The van der Waals surface area contributed by atoms with Gasteiger partial charge < -0.3 is 0 Å². The van der Waals surface area contributed by atoms with Gasteiger partial charge in [0.05, 0.1) is 17.3 Å². The Labute approximate surface area is 305 Å². The highest BCUT2D eigenvalue weighted by Crippen LogP contribution is 2.36. The van der Waals surface area contributed by atoms with Gasteiger partial charge in [0, 0.05) is 28.2 Å². The molecule has 0 aliphatic rings. The number of aryl methyl sites for hydroxylation is 2.